The summed E-state index contributed by atoms with van der Waals surface area (Å²) in [6.07, 6.45) is 0. The van der Waals surface area contributed by atoms with Crippen molar-refractivity contribution < 1.29 is 19.1 Å². The van der Waals surface area contributed by atoms with Crippen LogP contribution in [0.15, 0.2) is 18.2 Å². The molecule has 0 saturated heterocycles. The highest BCUT2D eigenvalue weighted by atomic mass is 19.1. The van der Waals surface area contributed by atoms with Gasteiger partial charge in [0.25, 0.3) is 0 Å². The Labute approximate surface area is 111 Å². The lowest BCUT2D eigenvalue weighted by molar-refractivity contribution is -0.128. The first-order valence-electron chi connectivity index (χ1n) is 5.92. The van der Waals surface area contributed by atoms with Crippen LogP contribution in [0.5, 0.6) is 0 Å². The normalized spacial score (nSPS) is 10.3. The zero-order valence-electron chi connectivity index (χ0n) is 10.9. The molecule has 2 N–H and O–H groups in total. The van der Waals surface area contributed by atoms with E-state index in [2.05, 4.69) is 5.32 Å². The number of hydrogen-bond acceptors (Lipinski definition) is 3. The number of hydrogen-bond donors (Lipinski definition) is 2. The summed E-state index contributed by atoms with van der Waals surface area (Å²) in [6.45, 7) is 2.65. The van der Waals surface area contributed by atoms with E-state index >= 15 is 0 Å². The number of likely N-dealkylation sites (N-methyl/N-ethyl adjacent to an activating group) is 1. The first kappa shape index (κ1) is 15.1. The van der Waals surface area contributed by atoms with Gasteiger partial charge in [0.15, 0.2) is 0 Å². The van der Waals surface area contributed by atoms with Crippen LogP contribution in [0, 0.1) is 5.82 Å². The van der Waals surface area contributed by atoms with Crippen molar-refractivity contribution in [3.8, 4) is 0 Å². The van der Waals surface area contributed by atoms with Gasteiger partial charge in [0.05, 0.1) is 12.1 Å². The van der Waals surface area contributed by atoms with Gasteiger partial charge in [0.2, 0.25) is 5.91 Å². The third kappa shape index (κ3) is 4.33. The number of carbonyl (C=O) groups is 2. The number of nitrogens with zero attached hydrogens (tertiary/aromatic N) is 1. The fourth-order valence-corrected chi connectivity index (χ4v) is 1.46. The lowest BCUT2D eigenvalue weighted by Crippen LogP contribution is -2.35. The van der Waals surface area contributed by atoms with Crippen molar-refractivity contribution in [2.45, 2.75) is 13.5 Å². The molecule has 1 rings (SSSR count). The Balaban J connectivity index is 2.60. The van der Waals surface area contributed by atoms with E-state index in [4.69, 9.17) is 5.11 Å². The van der Waals surface area contributed by atoms with Crippen LogP contribution in [-0.4, -0.2) is 42.0 Å². The predicted octanol–water partition coefficient (Wildman–Crippen LogP) is 1.09. The van der Waals surface area contributed by atoms with Crippen molar-refractivity contribution >= 4 is 11.9 Å². The molecule has 0 aliphatic rings. The minimum absolute atomic E-state index is 0.0233. The van der Waals surface area contributed by atoms with Gasteiger partial charge in [-0.25, -0.2) is 9.18 Å². The first-order valence-corrected chi connectivity index (χ1v) is 5.92. The number of halogens is 1. The molecular weight excluding hydrogens is 251 g/mol. The van der Waals surface area contributed by atoms with E-state index in [-0.39, 0.29) is 30.1 Å². The summed E-state index contributed by atoms with van der Waals surface area (Å²) in [5.74, 6) is -1.70. The Kier molecular flexibility index (Phi) is 5.44. The SMILES string of the molecule is CCN(C)C(=O)CNCc1cc(C(=O)O)ccc1F. The Bertz CT molecular complexity index is 477. The van der Waals surface area contributed by atoms with Crippen LogP contribution < -0.4 is 5.32 Å². The predicted molar refractivity (Wildman–Crippen MR) is 68.4 cm³/mol. The molecule has 0 atom stereocenters. The lowest BCUT2D eigenvalue weighted by atomic mass is 10.1. The zero-order chi connectivity index (χ0) is 14.4. The summed E-state index contributed by atoms with van der Waals surface area (Å²) in [5, 5.41) is 11.6. The van der Waals surface area contributed by atoms with E-state index in [1.807, 2.05) is 6.92 Å². The van der Waals surface area contributed by atoms with E-state index < -0.39 is 11.8 Å². The van der Waals surface area contributed by atoms with E-state index in [0.717, 1.165) is 6.07 Å². The van der Waals surface area contributed by atoms with E-state index in [0.29, 0.717) is 6.54 Å². The van der Waals surface area contributed by atoms with E-state index in [1.165, 1.54) is 17.0 Å². The highest BCUT2D eigenvalue weighted by molar-refractivity contribution is 5.87. The molecule has 0 heterocycles. The van der Waals surface area contributed by atoms with Gasteiger partial charge in [-0.15, -0.1) is 0 Å². The van der Waals surface area contributed by atoms with Crippen molar-refractivity contribution in [3.05, 3.63) is 35.1 Å². The summed E-state index contributed by atoms with van der Waals surface area (Å²) in [7, 11) is 1.68. The molecule has 104 valence electrons. The van der Waals surface area contributed by atoms with Crippen LogP contribution >= 0.6 is 0 Å². The third-order valence-electron chi connectivity index (χ3n) is 2.78. The number of carbonyl (C=O) groups excluding carboxylic acids is 1. The average molecular weight is 268 g/mol. The largest absolute Gasteiger partial charge is 0.478 e. The number of aromatic carboxylic acids is 1. The summed E-state index contributed by atoms with van der Waals surface area (Å²) in [4.78, 5) is 23.8. The van der Waals surface area contributed by atoms with Gasteiger partial charge < -0.3 is 15.3 Å². The molecule has 1 aromatic carbocycles. The smallest absolute Gasteiger partial charge is 0.335 e. The second kappa shape index (κ2) is 6.84. The average Bonchev–Trinajstić information content (AvgIpc) is 2.39. The van der Waals surface area contributed by atoms with E-state index in [9.17, 15) is 14.0 Å². The first-order chi connectivity index (χ1) is 8.95. The van der Waals surface area contributed by atoms with Crippen LogP contribution in [0.25, 0.3) is 0 Å². The number of nitrogens with one attached hydrogen (secondary N) is 1. The molecule has 0 aliphatic heterocycles. The monoisotopic (exact) mass is 268 g/mol. The number of benzene rings is 1. The number of carboxylic acid groups (broad SMARTS) is 1. The Hall–Kier alpha value is -1.95. The molecule has 0 aromatic heterocycles. The van der Waals surface area contributed by atoms with Crippen LogP contribution in [0.4, 0.5) is 4.39 Å². The van der Waals surface area contributed by atoms with Crippen molar-refractivity contribution in [3.63, 3.8) is 0 Å². The fraction of sp³-hybridized carbons (Fsp3) is 0.385. The maximum Gasteiger partial charge on any atom is 0.335 e. The molecule has 5 nitrogen and oxygen atoms in total. The Morgan fingerprint density at radius 2 is 2.11 bits per heavy atom. The summed E-state index contributed by atoms with van der Waals surface area (Å²) >= 11 is 0. The summed E-state index contributed by atoms with van der Waals surface area (Å²) in [5.41, 5.74) is 0.252. The maximum absolute atomic E-state index is 13.5. The Morgan fingerprint density at radius 3 is 2.68 bits per heavy atom. The van der Waals surface area contributed by atoms with Gasteiger partial charge in [-0.2, -0.15) is 0 Å². The van der Waals surface area contributed by atoms with Crippen LogP contribution in [0.3, 0.4) is 0 Å². The number of amides is 1. The molecule has 0 fully saturated rings. The molecule has 0 aliphatic carbocycles. The maximum atomic E-state index is 13.5. The summed E-state index contributed by atoms with van der Waals surface area (Å²) < 4.78 is 13.5. The molecule has 1 aromatic rings. The quantitative estimate of drug-likeness (QED) is 0.810. The van der Waals surface area contributed by atoms with Gasteiger partial charge in [-0.3, -0.25) is 4.79 Å². The minimum Gasteiger partial charge on any atom is -0.478 e. The number of rotatable bonds is 6. The van der Waals surface area contributed by atoms with Crippen molar-refractivity contribution in [1.82, 2.24) is 10.2 Å². The van der Waals surface area contributed by atoms with Crippen molar-refractivity contribution in [2.24, 2.45) is 0 Å². The van der Waals surface area contributed by atoms with E-state index in [1.54, 1.807) is 7.05 Å². The minimum atomic E-state index is -1.11. The van der Waals surface area contributed by atoms with Gasteiger partial charge in [0, 0.05) is 25.7 Å². The highest BCUT2D eigenvalue weighted by Gasteiger charge is 2.10. The van der Waals surface area contributed by atoms with Crippen molar-refractivity contribution in [1.29, 1.82) is 0 Å². The molecule has 6 heteroatoms. The molecule has 1 amide bonds. The second-order valence-corrected chi connectivity index (χ2v) is 4.12. The van der Waals surface area contributed by atoms with Gasteiger partial charge in [-0.1, -0.05) is 0 Å². The third-order valence-corrected chi connectivity index (χ3v) is 2.78. The van der Waals surface area contributed by atoms with Gasteiger partial charge in [0.1, 0.15) is 5.82 Å². The molecule has 19 heavy (non-hydrogen) atoms. The molecule has 0 unspecified atom stereocenters. The molecule has 0 radical (unpaired) electrons. The molecular formula is C13H17FN2O3. The van der Waals surface area contributed by atoms with Crippen molar-refractivity contribution in [2.75, 3.05) is 20.1 Å². The Morgan fingerprint density at radius 1 is 1.42 bits per heavy atom. The van der Waals surface area contributed by atoms with Gasteiger partial charge >= 0.3 is 5.97 Å². The molecule has 0 bridgehead atoms. The van der Waals surface area contributed by atoms with Crippen LogP contribution in [0.2, 0.25) is 0 Å². The zero-order valence-corrected chi connectivity index (χ0v) is 10.9. The topological polar surface area (TPSA) is 69.6 Å². The highest BCUT2D eigenvalue weighted by Crippen LogP contribution is 2.10. The number of carboxylic acids is 1. The standard InChI is InChI=1S/C13H17FN2O3/c1-3-16(2)12(17)8-15-7-10-6-9(13(18)19)4-5-11(10)14/h4-6,15H,3,7-8H2,1-2H3,(H,18,19). The fourth-order valence-electron chi connectivity index (χ4n) is 1.46. The van der Waals surface area contributed by atoms with Crippen LogP contribution in [0.1, 0.15) is 22.8 Å². The van der Waals surface area contributed by atoms with Crippen LogP contribution in [-0.2, 0) is 11.3 Å². The lowest BCUT2D eigenvalue weighted by Gasteiger charge is -2.14. The second-order valence-electron chi connectivity index (χ2n) is 4.12. The molecule has 0 spiro atoms. The van der Waals surface area contributed by atoms with Gasteiger partial charge in [-0.05, 0) is 25.1 Å². The summed E-state index contributed by atoms with van der Waals surface area (Å²) in [6, 6.07) is 3.58. The molecule has 0 saturated carbocycles.